The third-order valence-electron chi connectivity index (χ3n) is 5.42. The molecule has 0 saturated carbocycles. The molecule has 3 nitrogen and oxygen atoms in total. The van der Waals surface area contributed by atoms with Crippen molar-refractivity contribution in [3.63, 3.8) is 0 Å². The topological polar surface area (TPSA) is 48.0 Å². The fourth-order valence-corrected chi connectivity index (χ4v) is 5.26. The second kappa shape index (κ2) is 6.88. The first-order valence-corrected chi connectivity index (χ1v) is 10.4. The van der Waals surface area contributed by atoms with Gasteiger partial charge in [-0.2, -0.15) is 0 Å². The minimum Gasteiger partial charge on any atom is -0.394 e. The Morgan fingerprint density at radius 3 is 2.54 bits per heavy atom. The van der Waals surface area contributed by atoms with Crippen molar-refractivity contribution >= 4 is 28.2 Å². The second-order valence-corrected chi connectivity index (χ2v) is 8.14. The van der Waals surface area contributed by atoms with Crippen LogP contribution in [0.1, 0.15) is 11.1 Å². The number of thioether (sulfide) groups is 1. The van der Waals surface area contributed by atoms with Gasteiger partial charge in [0.05, 0.1) is 5.03 Å². The predicted octanol–water partition coefficient (Wildman–Crippen LogP) is 4.95. The summed E-state index contributed by atoms with van der Waals surface area (Å²) in [6.07, 6.45) is 0.640. The summed E-state index contributed by atoms with van der Waals surface area (Å²) in [6.45, 7) is 0.720. The summed E-state index contributed by atoms with van der Waals surface area (Å²) in [4.78, 5) is 12.9. The van der Waals surface area contributed by atoms with Gasteiger partial charge in [0.15, 0.2) is 0 Å². The monoisotopic (exact) mass is 384 g/mol. The number of nitrogens with two attached hydrogens (primary N) is 1. The third-order valence-corrected chi connectivity index (χ3v) is 6.51. The van der Waals surface area contributed by atoms with Gasteiger partial charge in [0.1, 0.15) is 5.69 Å². The molecule has 2 heterocycles. The first-order valence-electron chi connectivity index (χ1n) is 9.44. The number of nitrogen functional groups attached to an aromatic ring is 1. The summed E-state index contributed by atoms with van der Waals surface area (Å²) in [7, 11) is 0. The summed E-state index contributed by atoms with van der Waals surface area (Å²) in [5, 5.41) is 3.45. The van der Waals surface area contributed by atoms with Gasteiger partial charge in [-0.15, -0.1) is 11.8 Å². The van der Waals surface area contributed by atoms with Crippen molar-refractivity contribution in [1.82, 2.24) is 4.57 Å². The van der Waals surface area contributed by atoms with E-state index >= 15 is 0 Å². The van der Waals surface area contributed by atoms with Gasteiger partial charge >= 0.3 is 0 Å². The molecule has 138 valence electrons. The second-order valence-electron chi connectivity index (χ2n) is 7.06. The molecular weight excluding hydrogens is 364 g/mol. The molecule has 1 aliphatic heterocycles. The van der Waals surface area contributed by atoms with E-state index in [1.54, 1.807) is 11.8 Å². The van der Waals surface area contributed by atoms with Crippen LogP contribution in [0.3, 0.4) is 0 Å². The summed E-state index contributed by atoms with van der Waals surface area (Å²) in [5.41, 5.74) is 11.1. The van der Waals surface area contributed by atoms with Gasteiger partial charge in [0.2, 0.25) is 0 Å². The standard InChI is InChI=1S/C24H20N2OS/c25-22-20(15-18-11-6-10-16-7-4-5-12-19(16)18)21(17-8-2-1-3-9-17)24-26(23(22)27)13-14-28-24/h1-12H,13-15,25H2. The van der Waals surface area contributed by atoms with Gasteiger partial charge < -0.3 is 10.3 Å². The number of anilines is 1. The zero-order chi connectivity index (χ0) is 19.1. The maximum absolute atomic E-state index is 12.9. The van der Waals surface area contributed by atoms with Crippen LogP contribution in [0.25, 0.3) is 21.9 Å². The minimum absolute atomic E-state index is 0.0603. The highest BCUT2D eigenvalue weighted by Gasteiger charge is 2.25. The van der Waals surface area contributed by atoms with E-state index in [0.717, 1.165) is 34.0 Å². The highest BCUT2D eigenvalue weighted by atomic mass is 32.2. The molecule has 5 rings (SSSR count). The SMILES string of the molecule is Nc1c(Cc2cccc3ccccc23)c(-c2ccccc2)c2n(c1=O)CCS2. The molecule has 0 aliphatic carbocycles. The Balaban J connectivity index is 1.77. The van der Waals surface area contributed by atoms with E-state index in [-0.39, 0.29) is 5.56 Å². The smallest absolute Gasteiger partial charge is 0.274 e. The quantitative estimate of drug-likeness (QED) is 0.544. The lowest BCUT2D eigenvalue weighted by molar-refractivity contribution is 0.695. The number of hydrogen-bond acceptors (Lipinski definition) is 3. The van der Waals surface area contributed by atoms with Crippen molar-refractivity contribution in [3.8, 4) is 11.1 Å². The summed E-state index contributed by atoms with van der Waals surface area (Å²) in [5.74, 6) is 0.909. The molecule has 1 aliphatic rings. The van der Waals surface area contributed by atoms with Crippen LogP contribution < -0.4 is 11.3 Å². The average Bonchev–Trinajstić information content (AvgIpc) is 3.22. The van der Waals surface area contributed by atoms with Crippen LogP contribution in [0, 0.1) is 0 Å². The lowest BCUT2D eigenvalue weighted by atomic mass is 9.92. The molecule has 4 heteroatoms. The molecular formula is C24H20N2OS. The molecule has 1 aromatic heterocycles. The van der Waals surface area contributed by atoms with Crippen molar-refractivity contribution in [2.45, 2.75) is 18.0 Å². The van der Waals surface area contributed by atoms with Gasteiger partial charge in [0, 0.05) is 24.3 Å². The Kier molecular flexibility index (Phi) is 4.21. The third kappa shape index (κ3) is 2.72. The summed E-state index contributed by atoms with van der Waals surface area (Å²) < 4.78 is 1.84. The van der Waals surface area contributed by atoms with Crippen molar-refractivity contribution in [1.29, 1.82) is 0 Å². The number of nitrogens with zero attached hydrogens (tertiary/aromatic N) is 1. The molecule has 2 N–H and O–H groups in total. The van der Waals surface area contributed by atoms with Crippen molar-refractivity contribution < 1.29 is 0 Å². The fourth-order valence-electron chi connectivity index (χ4n) is 4.08. The van der Waals surface area contributed by atoms with Crippen LogP contribution in [-0.4, -0.2) is 10.3 Å². The number of pyridine rings is 1. The van der Waals surface area contributed by atoms with E-state index in [0.29, 0.717) is 12.1 Å². The lowest BCUT2D eigenvalue weighted by Gasteiger charge is -2.18. The fraction of sp³-hybridized carbons (Fsp3) is 0.125. The van der Waals surface area contributed by atoms with Crippen LogP contribution >= 0.6 is 11.8 Å². The lowest BCUT2D eigenvalue weighted by Crippen LogP contribution is -2.25. The van der Waals surface area contributed by atoms with Gasteiger partial charge in [-0.1, -0.05) is 72.8 Å². The number of benzene rings is 3. The highest BCUT2D eigenvalue weighted by Crippen LogP contribution is 2.40. The van der Waals surface area contributed by atoms with Gasteiger partial charge in [-0.05, 0) is 27.5 Å². The molecule has 0 fully saturated rings. The molecule has 28 heavy (non-hydrogen) atoms. The van der Waals surface area contributed by atoms with Crippen molar-refractivity contribution in [3.05, 3.63) is 94.3 Å². The molecule has 0 saturated heterocycles. The van der Waals surface area contributed by atoms with Crippen LogP contribution in [0.15, 0.2) is 82.6 Å². The largest absolute Gasteiger partial charge is 0.394 e. The minimum atomic E-state index is -0.0603. The molecule has 0 bridgehead atoms. The number of hydrogen-bond donors (Lipinski definition) is 1. The van der Waals surface area contributed by atoms with Gasteiger partial charge in [0.25, 0.3) is 5.56 Å². The maximum Gasteiger partial charge on any atom is 0.274 e. The summed E-state index contributed by atoms with van der Waals surface area (Å²) >= 11 is 1.75. The number of rotatable bonds is 3. The number of fused-ring (bicyclic) bond motifs is 2. The zero-order valence-corrected chi connectivity index (χ0v) is 16.2. The Labute approximate surface area is 167 Å². The van der Waals surface area contributed by atoms with E-state index in [1.165, 1.54) is 16.3 Å². The molecule has 0 atom stereocenters. The predicted molar refractivity (Wildman–Crippen MR) is 118 cm³/mol. The number of aromatic nitrogens is 1. The molecule has 3 aromatic carbocycles. The molecule has 0 radical (unpaired) electrons. The Hall–Kier alpha value is -2.98. The normalized spacial score (nSPS) is 13.0. The van der Waals surface area contributed by atoms with Crippen LogP contribution in [0.2, 0.25) is 0 Å². The first kappa shape index (κ1) is 17.1. The van der Waals surface area contributed by atoms with E-state index < -0.39 is 0 Å². The van der Waals surface area contributed by atoms with E-state index in [9.17, 15) is 4.79 Å². The van der Waals surface area contributed by atoms with Crippen LogP contribution in [0.4, 0.5) is 5.69 Å². The average molecular weight is 385 g/mol. The zero-order valence-electron chi connectivity index (χ0n) is 15.4. The van der Waals surface area contributed by atoms with Gasteiger partial charge in [-0.25, -0.2) is 0 Å². The van der Waals surface area contributed by atoms with E-state index in [1.807, 2.05) is 28.8 Å². The molecule has 0 spiro atoms. The van der Waals surface area contributed by atoms with Crippen molar-refractivity contribution in [2.24, 2.45) is 0 Å². The molecule has 0 unspecified atom stereocenters. The molecule has 0 amide bonds. The summed E-state index contributed by atoms with van der Waals surface area (Å²) in [6, 6.07) is 25.0. The van der Waals surface area contributed by atoms with Crippen LogP contribution in [0.5, 0.6) is 0 Å². The highest BCUT2D eigenvalue weighted by molar-refractivity contribution is 7.99. The Morgan fingerprint density at radius 2 is 1.68 bits per heavy atom. The Morgan fingerprint density at radius 1 is 0.929 bits per heavy atom. The van der Waals surface area contributed by atoms with Crippen molar-refractivity contribution in [2.75, 3.05) is 11.5 Å². The Bertz CT molecular complexity index is 1240. The van der Waals surface area contributed by atoms with E-state index in [2.05, 4.69) is 48.5 Å². The van der Waals surface area contributed by atoms with Gasteiger partial charge in [-0.3, -0.25) is 4.79 Å². The van der Waals surface area contributed by atoms with Crippen LogP contribution in [-0.2, 0) is 13.0 Å². The molecule has 4 aromatic rings. The van der Waals surface area contributed by atoms with E-state index in [4.69, 9.17) is 5.73 Å². The maximum atomic E-state index is 12.9. The first-order chi connectivity index (χ1) is 13.7.